The van der Waals surface area contributed by atoms with Gasteiger partial charge < -0.3 is 10.1 Å². The fourth-order valence-corrected chi connectivity index (χ4v) is 2.87. The molecule has 0 bridgehead atoms. The molecule has 0 radical (unpaired) electrons. The highest BCUT2D eigenvalue weighted by molar-refractivity contribution is 6.22. The van der Waals surface area contributed by atoms with Gasteiger partial charge in [0, 0.05) is 6.07 Å². The zero-order chi connectivity index (χ0) is 21.3. The molecule has 0 saturated carbocycles. The van der Waals surface area contributed by atoms with Crippen molar-refractivity contribution in [3.05, 3.63) is 64.7 Å². The normalized spacial score (nSPS) is 13.9. The number of benzene rings is 2. The zero-order valence-electron chi connectivity index (χ0n) is 15.5. The number of anilines is 1. The van der Waals surface area contributed by atoms with Crippen molar-refractivity contribution in [2.45, 2.75) is 19.9 Å². The molecule has 1 aliphatic rings. The minimum atomic E-state index is -1.28. The quantitative estimate of drug-likeness (QED) is 0.613. The Morgan fingerprint density at radius 3 is 2.48 bits per heavy atom. The molecular weight excluding hydrogens is 386 g/mol. The van der Waals surface area contributed by atoms with Gasteiger partial charge in [-0.05, 0) is 38.1 Å². The van der Waals surface area contributed by atoms with Gasteiger partial charge in [0.05, 0.1) is 16.8 Å². The van der Waals surface area contributed by atoms with Crippen molar-refractivity contribution in [2.24, 2.45) is 0 Å². The number of amides is 3. The Labute approximate surface area is 164 Å². The summed E-state index contributed by atoms with van der Waals surface area (Å²) >= 11 is 0. The number of carbonyl (C=O) groups is 4. The molecule has 7 nitrogen and oxygen atoms in total. The van der Waals surface area contributed by atoms with E-state index in [1.165, 1.54) is 13.0 Å². The van der Waals surface area contributed by atoms with Crippen LogP contribution in [-0.2, 0) is 14.3 Å². The Hall–Kier alpha value is -3.62. The summed E-state index contributed by atoms with van der Waals surface area (Å²) in [5.41, 5.74) is 0.742. The van der Waals surface area contributed by atoms with E-state index in [1.807, 2.05) is 0 Å². The van der Waals surface area contributed by atoms with E-state index in [0.717, 1.165) is 28.7 Å². The second kappa shape index (κ2) is 7.78. The highest BCUT2D eigenvalue weighted by Gasteiger charge is 2.41. The van der Waals surface area contributed by atoms with E-state index in [4.69, 9.17) is 4.74 Å². The summed E-state index contributed by atoms with van der Waals surface area (Å²) in [7, 11) is 0. The number of halogens is 2. The van der Waals surface area contributed by atoms with Gasteiger partial charge in [-0.25, -0.2) is 13.6 Å². The summed E-state index contributed by atoms with van der Waals surface area (Å²) in [6.45, 7) is 2.25. The van der Waals surface area contributed by atoms with Crippen LogP contribution in [0.1, 0.15) is 33.2 Å². The van der Waals surface area contributed by atoms with Gasteiger partial charge in [-0.2, -0.15) is 0 Å². The van der Waals surface area contributed by atoms with Crippen LogP contribution >= 0.6 is 0 Å². The summed E-state index contributed by atoms with van der Waals surface area (Å²) in [5, 5.41) is 2.07. The predicted molar refractivity (Wildman–Crippen MR) is 97.1 cm³/mol. The molecule has 0 aliphatic carbocycles. The van der Waals surface area contributed by atoms with Crippen LogP contribution in [0, 0.1) is 18.6 Å². The molecule has 29 heavy (non-hydrogen) atoms. The van der Waals surface area contributed by atoms with E-state index in [2.05, 4.69) is 5.32 Å². The summed E-state index contributed by atoms with van der Waals surface area (Å²) in [6.07, 6.45) is 0. The maximum atomic E-state index is 13.5. The molecule has 3 rings (SSSR count). The van der Waals surface area contributed by atoms with Crippen LogP contribution in [0.5, 0.6) is 0 Å². The van der Waals surface area contributed by atoms with Gasteiger partial charge in [-0.15, -0.1) is 0 Å². The molecule has 9 heteroatoms. The first-order valence-corrected chi connectivity index (χ1v) is 8.59. The molecule has 0 aromatic heterocycles. The average Bonchev–Trinajstić information content (AvgIpc) is 2.92. The number of rotatable bonds is 5. The number of nitrogens with one attached hydrogen (secondary N) is 1. The smallest absolute Gasteiger partial charge is 0.329 e. The Balaban J connectivity index is 1.62. The second-order valence-electron chi connectivity index (χ2n) is 6.49. The number of hydrogen-bond donors (Lipinski definition) is 1. The molecule has 2 aromatic rings. The highest BCUT2D eigenvalue weighted by atomic mass is 19.1. The van der Waals surface area contributed by atoms with Crippen LogP contribution in [0.15, 0.2) is 36.4 Å². The number of esters is 1. The van der Waals surface area contributed by atoms with Gasteiger partial charge in [-0.3, -0.25) is 19.3 Å². The molecule has 1 heterocycles. The lowest BCUT2D eigenvalue weighted by Gasteiger charge is -2.20. The van der Waals surface area contributed by atoms with Crippen molar-refractivity contribution >= 4 is 29.4 Å². The van der Waals surface area contributed by atoms with Crippen LogP contribution < -0.4 is 5.32 Å². The number of nitrogens with zero attached hydrogens (tertiary/aromatic N) is 1. The van der Waals surface area contributed by atoms with Gasteiger partial charge in [-0.1, -0.05) is 11.6 Å². The Kier molecular flexibility index (Phi) is 5.40. The lowest BCUT2D eigenvalue weighted by molar-refractivity contribution is -0.150. The van der Waals surface area contributed by atoms with E-state index < -0.39 is 53.7 Å². The largest absolute Gasteiger partial charge is 0.454 e. The van der Waals surface area contributed by atoms with Gasteiger partial charge >= 0.3 is 5.97 Å². The lowest BCUT2D eigenvalue weighted by Crippen LogP contribution is -2.44. The number of fused-ring (bicyclic) bond motifs is 1. The van der Waals surface area contributed by atoms with Crippen molar-refractivity contribution in [3.8, 4) is 0 Å². The van der Waals surface area contributed by atoms with Crippen molar-refractivity contribution in [2.75, 3.05) is 11.9 Å². The number of hydrogen-bond acceptors (Lipinski definition) is 5. The summed E-state index contributed by atoms with van der Waals surface area (Å²) in [4.78, 5) is 49.8. The second-order valence-corrected chi connectivity index (χ2v) is 6.49. The van der Waals surface area contributed by atoms with Crippen molar-refractivity contribution < 1.29 is 32.7 Å². The summed E-state index contributed by atoms with van der Waals surface area (Å²) < 4.78 is 31.5. The van der Waals surface area contributed by atoms with E-state index in [-0.39, 0.29) is 11.1 Å². The monoisotopic (exact) mass is 402 g/mol. The van der Waals surface area contributed by atoms with E-state index in [1.54, 1.807) is 19.1 Å². The third kappa shape index (κ3) is 3.98. The fraction of sp³-hybridized carbons (Fsp3) is 0.200. The van der Waals surface area contributed by atoms with Crippen LogP contribution in [0.3, 0.4) is 0 Å². The Morgan fingerprint density at radius 2 is 1.76 bits per heavy atom. The Morgan fingerprint density at radius 1 is 1.07 bits per heavy atom. The van der Waals surface area contributed by atoms with Crippen LogP contribution in [0.25, 0.3) is 0 Å². The standard InChI is InChI=1S/C20H16F2N2O5/c1-10-3-5-13-14(7-10)19(27)24(18(13)26)11(2)20(28)29-9-17(25)23-16-8-12(21)4-6-15(16)22/h3-8,11H,9H2,1-2H3,(H,23,25). The molecule has 1 atom stereocenters. The van der Waals surface area contributed by atoms with Crippen LogP contribution in [-0.4, -0.2) is 41.2 Å². The van der Waals surface area contributed by atoms with Crippen molar-refractivity contribution in [3.63, 3.8) is 0 Å². The van der Waals surface area contributed by atoms with Gasteiger partial charge in [0.15, 0.2) is 6.61 Å². The van der Waals surface area contributed by atoms with E-state index >= 15 is 0 Å². The van der Waals surface area contributed by atoms with E-state index in [9.17, 15) is 28.0 Å². The highest BCUT2D eigenvalue weighted by Crippen LogP contribution is 2.26. The molecule has 1 aliphatic heterocycles. The molecule has 0 spiro atoms. The van der Waals surface area contributed by atoms with Crippen molar-refractivity contribution in [1.29, 1.82) is 0 Å². The third-order valence-electron chi connectivity index (χ3n) is 4.35. The molecule has 2 aromatic carbocycles. The topological polar surface area (TPSA) is 92.8 Å². The number of ether oxygens (including phenoxy) is 1. The zero-order valence-corrected chi connectivity index (χ0v) is 15.5. The maximum absolute atomic E-state index is 13.5. The number of carbonyl (C=O) groups excluding carboxylic acids is 4. The molecule has 150 valence electrons. The molecular formula is C20H16F2N2O5. The van der Waals surface area contributed by atoms with Gasteiger partial charge in [0.25, 0.3) is 17.7 Å². The number of aryl methyl sites for hydroxylation is 1. The molecule has 0 saturated heterocycles. The molecule has 3 amide bonds. The third-order valence-corrected chi connectivity index (χ3v) is 4.35. The Bertz CT molecular complexity index is 1040. The molecule has 1 N–H and O–H groups in total. The minimum absolute atomic E-state index is 0.180. The molecule has 1 unspecified atom stereocenters. The number of imide groups is 1. The summed E-state index contributed by atoms with van der Waals surface area (Å²) in [6, 6.07) is 5.95. The maximum Gasteiger partial charge on any atom is 0.329 e. The van der Waals surface area contributed by atoms with Gasteiger partial charge in [0.1, 0.15) is 17.7 Å². The van der Waals surface area contributed by atoms with Gasteiger partial charge in [0.2, 0.25) is 0 Å². The first kappa shape index (κ1) is 20.1. The predicted octanol–water partition coefficient (Wildman–Crippen LogP) is 2.44. The average molecular weight is 402 g/mol. The summed E-state index contributed by atoms with van der Waals surface area (Å²) in [5.74, 6) is -4.79. The first-order chi connectivity index (χ1) is 13.7. The van der Waals surface area contributed by atoms with Crippen molar-refractivity contribution in [1.82, 2.24) is 4.90 Å². The van der Waals surface area contributed by atoms with E-state index in [0.29, 0.717) is 0 Å². The fourth-order valence-electron chi connectivity index (χ4n) is 2.87. The minimum Gasteiger partial charge on any atom is -0.454 e. The lowest BCUT2D eigenvalue weighted by atomic mass is 10.1. The SMILES string of the molecule is Cc1ccc2c(c1)C(=O)N(C(C)C(=O)OCC(=O)Nc1cc(F)ccc1F)C2=O. The molecule has 0 fully saturated rings. The van der Waals surface area contributed by atoms with Crippen LogP contribution in [0.2, 0.25) is 0 Å². The first-order valence-electron chi connectivity index (χ1n) is 8.59. The van der Waals surface area contributed by atoms with Crippen LogP contribution in [0.4, 0.5) is 14.5 Å².